The number of methoxy groups -OCH3 is 2. The van der Waals surface area contributed by atoms with Crippen molar-refractivity contribution in [1.29, 1.82) is 0 Å². The molecule has 4 aliphatic heterocycles. The lowest BCUT2D eigenvalue weighted by Crippen LogP contribution is -2.54. The molecule has 1 amide bonds. The monoisotopic (exact) mass is 582 g/mol. The molecule has 3 saturated heterocycles. The lowest BCUT2D eigenvalue weighted by Gasteiger charge is -2.40. The molecule has 228 valence electrons. The lowest BCUT2D eigenvalue weighted by atomic mass is 9.78. The number of pyridine rings is 1. The first-order chi connectivity index (χ1) is 19.7. The number of rotatable bonds is 6. The van der Waals surface area contributed by atoms with E-state index in [1.165, 1.54) is 0 Å². The molecule has 1 N–H and O–H groups in total. The van der Waals surface area contributed by atoms with Crippen molar-refractivity contribution in [3.05, 3.63) is 29.1 Å². The second-order valence-electron chi connectivity index (χ2n) is 12.3. The van der Waals surface area contributed by atoms with E-state index in [9.17, 15) is 18.0 Å². The van der Waals surface area contributed by atoms with E-state index in [2.05, 4.69) is 15.2 Å². The van der Waals surface area contributed by atoms with Crippen LogP contribution in [-0.4, -0.2) is 111 Å². The third-order valence-electron chi connectivity index (χ3n) is 10.1. The van der Waals surface area contributed by atoms with Gasteiger partial charge in [-0.25, -0.2) is 0 Å². The molecule has 0 bridgehead atoms. The Morgan fingerprint density at radius 1 is 1.15 bits per heavy atom. The van der Waals surface area contributed by atoms with Crippen molar-refractivity contribution >= 4 is 5.91 Å². The molecule has 5 heterocycles. The Balaban J connectivity index is 1.24. The van der Waals surface area contributed by atoms with Gasteiger partial charge in [0.05, 0.1) is 36.4 Å². The third-order valence-corrected chi connectivity index (χ3v) is 10.1. The predicted molar refractivity (Wildman–Crippen MR) is 142 cm³/mol. The zero-order valence-electron chi connectivity index (χ0n) is 23.8. The summed E-state index contributed by atoms with van der Waals surface area (Å²) in [4.78, 5) is 22.9. The summed E-state index contributed by atoms with van der Waals surface area (Å²) in [6, 6.07) is 1.64. The molecule has 0 aromatic carbocycles. The smallest absolute Gasteiger partial charge is 0.379 e. The Morgan fingerprint density at radius 3 is 2.66 bits per heavy atom. The van der Waals surface area contributed by atoms with Crippen LogP contribution in [0.4, 0.5) is 13.2 Å². The molecule has 1 aliphatic carbocycles. The van der Waals surface area contributed by atoms with Gasteiger partial charge in [0, 0.05) is 90.0 Å². The quantitative estimate of drug-likeness (QED) is 0.547. The van der Waals surface area contributed by atoms with E-state index >= 15 is 0 Å². The number of nitrogens with one attached hydrogen (secondary N) is 1. The van der Waals surface area contributed by atoms with E-state index < -0.39 is 17.2 Å². The summed E-state index contributed by atoms with van der Waals surface area (Å²) in [7, 11) is 3.41. The Labute approximate surface area is 239 Å². The van der Waals surface area contributed by atoms with Crippen molar-refractivity contribution in [2.45, 2.75) is 75.2 Å². The molecule has 4 unspecified atom stereocenters. The highest BCUT2D eigenvalue weighted by Crippen LogP contribution is 2.51. The van der Waals surface area contributed by atoms with Gasteiger partial charge in [-0.1, -0.05) is 0 Å². The molecule has 9 nitrogen and oxygen atoms in total. The average molecular weight is 583 g/mol. The van der Waals surface area contributed by atoms with Gasteiger partial charge in [-0.15, -0.1) is 0 Å². The first-order valence-electron chi connectivity index (χ1n) is 14.8. The van der Waals surface area contributed by atoms with Crippen molar-refractivity contribution in [2.75, 3.05) is 60.3 Å². The van der Waals surface area contributed by atoms with Crippen LogP contribution in [0, 0.1) is 11.3 Å². The number of halogens is 3. The minimum atomic E-state index is -4.47. The molecule has 6 rings (SSSR count). The maximum absolute atomic E-state index is 14.6. The maximum Gasteiger partial charge on any atom is 0.417 e. The molecule has 7 atom stereocenters. The second kappa shape index (κ2) is 11.7. The number of likely N-dealkylation sites (tertiary alicyclic amines) is 1. The Morgan fingerprint density at radius 2 is 1.90 bits per heavy atom. The third kappa shape index (κ3) is 5.63. The van der Waals surface area contributed by atoms with E-state index in [1.54, 1.807) is 19.1 Å². The van der Waals surface area contributed by atoms with Crippen LogP contribution in [0.5, 0.6) is 0 Å². The number of alkyl halides is 3. The number of nitrogens with zero attached hydrogens (tertiary/aromatic N) is 3. The van der Waals surface area contributed by atoms with E-state index in [-0.39, 0.29) is 48.7 Å². The fraction of sp³-hybridized carbons (Fsp3) is 0.793. The molecule has 41 heavy (non-hydrogen) atoms. The number of carbonyl (C=O) groups is 1. The van der Waals surface area contributed by atoms with Crippen LogP contribution < -0.4 is 5.32 Å². The van der Waals surface area contributed by atoms with Crippen LogP contribution in [0.15, 0.2) is 12.3 Å². The summed E-state index contributed by atoms with van der Waals surface area (Å²) >= 11 is 0. The van der Waals surface area contributed by atoms with Gasteiger partial charge in [0.25, 0.3) is 0 Å². The van der Waals surface area contributed by atoms with E-state index in [0.29, 0.717) is 63.6 Å². The topological polar surface area (TPSA) is 85.4 Å². The number of fused-ring (bicyclic) bond motifs is 2. The SMILES string of the molecule is COC1COCCC1N[C@@H]1C[C@H]2CN(C3CCOCC3OC)C[C@@]2(C(=O)N2CCc3ncc(C(F)(F)F)cc3C2)C1. The molecule has 0 spiro atoms. The largest absolute Gasteiger partial charge is 0.417 e. The molecule has 1 saturated carbocycles. The van der Waals surface area contributed by atoms with Crippen LogP contribution in [0.25, 0.3) is 0 Å². The summed E-state index contributed by atoms with van der Waals surface area (Å²) < 4.78 is 63.0. The first-order valence-corrected chi connectivity index (χ1v) is 14.8. The molecule has 1 aromatic rings. The van der Waals surface area contributed by atoms with Crippen LogP contribution in [0.2, 0.25) is 0 Å². The highest BCUT2D eigenvalue weighted by molar-refractivity contribution is 5.84. The van der Waals surface area contributed by atoms with Gasteiger partial charge < -0.3 is 29.2 Å². The van der Waals surface area contributed by atoms with Crippen molar-refractivity contribution < 1.29 is 36.9 Å². The number of amides is 1. The molecule has 12 heteroatoms. The van der Waals surface area contributed by atoms with Gasteiger partial charge in [-0.2, -0.15) is 13.2 Å². The van der Waals surface area contributed by atoms with Crippen molar-refractivity contribution in [3.63, 3.8) is 0 Å². The number of aromatic nitrogens is 1. The van der Waals surface area contributed by atoms with Gasteiger partial charge in [0.2, 0.25) is 5.91 Å². The first kappa shape index (κ1) is 29.3. The van der Waals surface area contributed by atoms with Crippen LogP contribution in [0.1, 0.15) is 42.5 Å². The van der Waals surface area contributed by atoms with Crippen molar-refractivity contribution in [2.24, 2.45) is 11.3 Å². The van der Waals surface area contributed by atoms with Gasteiger partial charge >= 0.3 is 6.18 Å². The molecule has 0 radical (unpaired) electrons. The predicted octanol–water partition coefficient (Wildman–Crippen LogP) is 2.26. The van der Waals surface area contributed by atoms with Crippen molar-refractivity contribution in [3.8, 4) is 0 Å². The standard InChI is InChI=1S/C29H41F3N4O5/c1-38-25-15-40-7-4-23(25)34-21-10-20-14-36(24-5-8-41-16-26(24)39-2)17-28(20,11-21)27(37)35-6-3-22-18(13-35)9-19(12-33-22)29(30,31)32/h9,12,20-21,23-26,34H,3-8,10-11,13-17H2,1-2H3/t20-,21+,23?,24?,25?,26?,28-/m0/s1. The highest BCUT2D eigenvalue weighted by atomic mass is 19.4. The highest BCUT2D eigenvalue weighted by Gasteiger charge is 2.60. The molecule has 5 aliphatic rings. The Hall–Kier alpha value is -1.83. The summed E-state index contributed by atoms with van der Waals surface area (Å²) in [5.41, 5.74) is -0.253. The van der Waals surface area contributed by atoms with Crippen LogP contribution >= 0.6 is 0 Å². The number of ether oxygens (including phenoxy) is 4. The van der Waals surface area contributed by atoms with Crippen molar-refractivity contribution in [1.82, 2.24) is 20.1 Å². The normalized spacial score (nSPS) is 36.3. The lowest BCUT2D eigenvalue weighted by molar-refractivity contribution is -0.144. The molecular formula is C29H41F3N4O5. The summed E-state index contributed by atoms with van der Waals surface area (Å²) in [6.45, 7) is 4.44. The Bertz CT molecular complexity index is 1110. The van der Waals surface area contributed by atoms with E-state index in [0.717, 1.165) is 38.1 Å². The van der Waals surface area contributed by atoms with Gasteiger partial charge in [0.1, 0.15) is 0 Å². The minimum absolute atomic E-state index is 0.0361. The fourth-order valence-electron chi connectivity index (χ4n) is 7.97. The zero-order chi connectivity index (χ0) is 28.8. The van der Waals surface area contributed by atoms with Crippen LogP contribution in [-0.2, 0) is 42.9 Å². The maximum atomic E-state index is 14.6. The summed E-state index contributed by atoms with van der Waals surface area (Å²) in [6.07, 6.45) is 0.0334. The molecule has 4 fully saturated rings. The average Bonchev–Trinajstić information content (AvgIpc) is 3.50. The number of hydrogen-bond acceptors (Lipinski definition) is 8. The number of carbonyl (C=O) groups excluding carboxylic acids is 1. The second-order valence-corrected chi connectivity index (χ2v) is 12.3. The summed E-state index contributed by atoms with van der Waals surface area (Å²) in [5, 5.41) is 3.81. The molecule has 1 aromatic heterocycles. The van der Waals surface area contributed by atoms with E-state index in [4.69, 9.17) is 18.9 Å². The fourth-order valence-corrected chi connectivity index (χ4v) is 7.97. The van der Waals surface area contributed by atoms with Gasteiger partial charge in [-0.3, -0.25) is 14.7 Å². The molecular weight excluding hydrogens is 541 g/mol. The summed E-state index contributed by atoms with van der Waals surface area (Å²) in [5.74, 6) is 0.184. The Kier molecular flexibility index (Phi) is 8.34. The van der Waals surface area contributed by atoms with Gasteiger partial charge in [-0.05, 0) is 43.2 Å². The van der Waals surface area contributed by atoms with E-state index in [1.807, 2.05) is 0 Å². The number of hydrogen-bond donors (Lipinski definition) is 1. The van der Waals surface area contributed by atoms with Gasteiger partial charge in [0.15, 0.2) is 0 Å². The van der Waals surface area contributed by atoms with Crippen LogP contribution in [0.3, 0.4) is 0 Å². The minimum Gasteiger partial charge on any atom is -0.379 e. The zero-order valence-corrected chi connectivity index (χ0v) is 23.8.